The van der Waals surface area contributed by atoms with E-state index < -0.39 is 11.6 Å². The standard InChI is InChI=1S/C12H12F2O/c1-3-9(12(15)4-2)10-6-5-8(13)7-11(10)14/h3,5-7,15H,1,4H2,2H3/b12-9-. The average molecular weight is 210 g/mol. The van der Waals surface area contributed by atoms with Crippen LogP contribution in [-0.4, -0.2) is 5.11 Å². The van der Waals surface area contributed by atoms with E-state index >= 15 is 0 Å². The van der Waals surface area contributed by atoms with Gasteiger partial charge in [-0.25, -0.2) is 8.78 Å². The van der Waals surface area contributed by atoms with Gasteiger partial charge in [0.05, 0.1) is 5.76 Å². The number of halogens is 2. The van der Waals surface area contributed by atoms with Crippen molar-refractivity contribution >= 4 is 5.57 Å². The van der Waals surface area contributed by atoms with E-state index in [0.29, 0.717) is 12.0 Å². The maximum absolute atomic E-state index is 13.4. The van der Waals surface area contributed by atoms with Gasteiger partial charge in [-0.05, 0) is 12.1 Å². The third kappa shape index (κ3) is 2.43. The van der Waals surface area contributed by atoms with E-state index in [-0.39, 0.29) is 11.3 Å². The summed E-state index contributed by atoms with van der Waals surface area (Å²) in [4.78, 5) is 0. The number of benzene rings is 1. The van der Waals surface area contributed by atoms with E-state index in [0.717, 1.165) is 12.1 Å². The van der Waals surface area contributed by atoms with E-state index in [1.165, 1.54) is 12.1 Å². The minimum absolute atomic E-state index is 0.0375. The number of aliphatic hydroxyl groups is 1. The van der Waals surface area contributed by atoms with Crippen LogP contribution >= 0.6 is 0 Å². The highest BCUT2D eigenvalue weighted by Gasteiger charge is 2.09. The molecule has 1 nitrogen and oxygen atoms in total. The van der Waals surface area contributed by atoms with E-state index in [1.54, 1.807) is 6.92 Å². The first-order valence-corrected chi connectivity index (χ1v) is 4.60. The zero-order valence-electron chi connectivity index (χ0n) is 8.43. The molecule has 0 saturated heterocycles. The molecule has 0 fully saturated rings. The molecule has 0 radical (unpaired) electrons. The Morgan fingerprint density at radius 1 is 1.47 bits per heavy atom. The number of hydrogen-bond donors (Lipinski definition) is 1. The van der Waals surface area contributed by atoms with Crippen LogP contribution in [0.25, 0.3) is 5.57 Å². The molecule has 3 heteroatoms. The molecular weight excluding hydrogens is 198 g/mol. The van der Waals surface area contributed by atoms with Gasteiger partial charge in [-0.2, -0.15) is 0 Å². The number of hydrogen-bond acceptors (Lipinski definition) is 1. The van der Waals surface area contributed by atoms with Crippen LogP contribution in [0.15, 0.2) is 36.6 Å². The predicted octanol–water partition coefficient (Wildman–Crippen LogP) is 3.83. The first-order chi connectivity index (χ1) is 7.10. The van der Waals surface area contributed by atoms with Gasteiger partial charge in [-0.15, -0.1) is 0 Å². The van der Waals surface area contributed by atoms with Gasteiger partial charge in [0, 0.05) is 23.6 Å². The largest absolute Gasteiger partial charge is 0.512 e. The molecule has 1 N–H and O–H groups in total. The van der Waals surface area contributed by atoms with Gasteiger partial charge in [-0.1, -0.05) is 19.6 Å². The van der Waals surface area contributed by atoms with Crippen LogP contribution in [0.2, 0.25) is 0 Å². The second kappa shape index (κ2) is 4.73. The quantitative estimate of drug-likeness (QED) is 0.593. The Bertz CT molecular complexity index is 408. The first-order valence-electron chi connectivity index (χ1n) is 4.60. The van der Waals surface area contributed by atoms with Crippen molar-refractivity contribution in [3.63, 3.8) is 0 Å². The Morgan fingerprint density at radius 2 is 2.13 bits per heavy atom. The fourth-order valence-corrected chi connectivity index (χ4v) is 1.28. The Kier molecular flexibility index (Phi) is 3.61. The molecule has 0 unspecified atom stereocenters. The normalized spacial score (nSPS) is 12.2. The highest BCUT2D eigenvalue weighted by Crippen LogP contribution is 2.23. The number of rotatable bonds is 3. The topological polar surface area (TPSA) is 20.2 Å². The highest BCUT2D eigenvalue weighted by molar-refractivity contribution is 5.75. The van der Waals surface area contributed by atoms with Crippen LogP contribution in [0.1, 0.15) is 18.9 Å². The van der Waals surface area contributed by atoms with Gasteiger partial charge in [0.25, 0.3) is 0 Å². The first kappa shape index (κ1) is 11.4. The second-order valence-corrected chi connectivity index (χ2v) is 3.04. The van der Waals surface area contributed by atoms with E-state index in [4.69, 9.17) is 0 Å². The smallest absolute Gasteiger partial charge is 0.134 e. The van der Waals surface area contributed by atoms with E-state index in [9.17, 15) is 13.9 Å². The average Bonchev–Trinajstić information content (AvgIpc) is 2.21. The van der Waals surface area contributed by atoms with Crippen molar-refractivity contribution in [1.82, 2.24) is 0 Å². The molecule has 0 atom stereocenters. The van der Waals surface area contributed by atoms with Crippen molar-refractivity contribution in [2.45, 2.75) is 13.3 Å². The Hall–Kier alpha value is -1.64. The molecule has 0 spiro atoms. The Labute approximate surface area is 87.4 Å². The lowest BCUT2D eigenvalue weighted by atomic mass is 10.0. The molecule has 0 aromatic heterocycles. The van der Waals surface area contributed by atoms with Crippen molar-refractivity contribution in [2.75, 3.05) is 0 Å². The lowest BCUT2D eigenvalue weighted by Crippen LogP contribution is -1.93. The van der Waals surface area contributed by atoms with Crippen LogP contribution in [-0.2, 0) is 0 Å². The molecule has 0 aliphatic carbocycles. The minimum atomic E-state index is -0.704. The molecule has 0 aliphatic rings. The predicted molar refractivity (Wildman–Crippen MR) is 56.4 cm³/mol. The highest BCUT2D eigenvalue weighted by atomic mass is 19.1. The second-order valence-electron chi connectivity index (χ2n) is 3.04. The molecule has 0 amide bonds. The molecule has 15 heavy (non-hydrogen) atoms. The summed E-state index contributed by atoms with van der Waals surface area (Å²) < 4.78 is 26.0. The van der Waals surface area contributed by atoms with Gasteiger partial charge >= 0.3 is 0 Å². The van der Waals surface area contributed by atoms with Crippen molar-refractivity contribution in [2.24, 2.45) is 0 Å². The van der Waals surface area contributed by atoms with E-state index in [1.807, 2.05) is 0 Å². The third-order valence-corrected chi connectivity index (χ3v) is 2.07. The number of allylic oxidation sites excluding steroid dienone is 3. The van der Waals surface area contributed by atoms with Crippen LogP contribution in [0.4, 0.5) is 8.78 Å². The zero-order chi connectivity index (χ0) is 11.4. The molecule has 1 aromatic carbocycles. The Morgan fingerprint density at radius 3 is 2.60 bits per heavy atom. The summed E-state index contributed by atoms with van der Waals surface area (Å²) >= 11 is 0. The molecule has 1 rings (SSSR count). The third-order valence-electron chi connectivity index (χ3n) is 2.07. The van der Waals surface area contributed by atoms with Gasteiger partial charge < -0.3 is 5.11 Å². The maximum Gasteiger partial charge on any atom is 0.134 e. The van der Waals surface area contributed by atoms with Crippen LogP contribution in [0.3, 0.4) is 0 Å². The fraction of sp³-hybridized carbons (Fsp3) is 0.167. The molecule has 0 saturated carbocycles. The van der Waals surface area contributed by atoms with Crippen molar-refractivity contribution in [1.29, 1.82) is 0 Å². The molecule has 0 bridgehead atoms. The van der Waals surface area contributed by atoms with Gasteiger partial charge in [0.1, 0.15) is 11.6 Å². The van der Waals surface area contributed by atoms with Gasteiger partial charge in [0.15, 0.2) is 0 Å². The molecular formula is C12H12F2O. The molecule has 80 valence electrons. The summed E-state index contributed by atoms with van der Waals surface area (Å²) in [5, 5.41) is 9.51. The summed E-state index contributed by atoms with van der Waals surface area (Å²) in [5.41, 5.74) is 0.459. The van der Waals surface area contributed by atoms with Gasteiger partial charge in [-0.3, -0.25) is 0 Å². The molecule has 0 heterocycles. The lowest BCUT2D eigenvalue weighted by Gasteiger charge is -2.06. The van der Waals surface area contributed by atoms with Crippen LogP contribution in [0.5, 0.6) is 0 Å². The summed E-state index contributed by atoms with van der Waals surface area (Å²) in [5.74, 6) is -1.31. The molecule has 0 aliphatic heterocycles. The summed E-state index contributed by atoms with van der Waals surface area (Å²) in [7, 11) is 0. The van der Waals surface area contributed by atoms with Gasteiger partial charge in [0.2, 0.25) is 0 Å². The summed E-state index contributed by atoms with van der Waals surface area (Å²) in [6.07, 6.45) is 1.73. The van der Waals surface area contributed by atoms with Crippen LogP contribution < -0.4 is 0 Å². The van der Waals surface area contributed by atoms with Crippen molar-refractivity contribution in [3.05, 3.63) is 53.8 Å². The Balaban J connectivity index is 3.31. The summed E-state index contributed by atoms with van der Waals surface area (Å²) in [6.45, 7) is 5.23. The van der Waals surface area contributed by atoms with Crippen molar-refractivity contribution < 1.29 is 13.9 Å². The zero-order valence-corrected chi connectivity index (χ0v) is 8.43. The molecule has 1 aromatic rings. The monoisotopic (exact) mass is 210 g/mol. The number of aliphatic hydroxyl groups excluding tert-OH is 1. The summed E-state index contributed by atoms with van der Waals surface area (Å²) in [6, 6.07) is 3.21. The van der Waals surface area contributed by atoms with Crippen molar-refractivity contribution in [3.8, 4) is 0 Å². The van der Waals surface area contributed by atoms with E-state index in [2.05, 4.69) is 6.58 Å². The fourth-order valence-electron chi connectivity index (χ4n) is 1.28. The maximum atomic E-state index is 13.4. The van der Waals surface area contributed by atoms with Crippen LogP contribution in [0, 0.1) is 11.6 Å². The minimum Gasteiger partial charge on any atom is -0.512 e. The lowest BCUT2D eigenvalue weighted by molar-refractivity contribution is 0.397. The SMILES string of the molecule is C=C/C(=C(/O)CC)c1ccc(F)cc1F.